The lowest BCUT2D eigenvalue weighted by atomic mass is 9.97. The first kappa shape index (κ1) is 10.6. The van der Waals surface area contributed by atoms with E-state index in [9.17, 15) is 0 Å². The highest BCUT2D eigenvalue weighted by molar-refractivity contribution is 5.19. The Kier molecular flexibility index (Phi) is 3.07. The number of aryl methyl sites for hydroxylation is 1. The maximum absolute atomic E-state index is 5.93. The molecule has 1 aromatic rings. The van der Waals surface area contributed by atoms with E-state index in [1.54, 1.807) is 0 Å². The predicted octanol–water partition coefficient (Wildman–Crippen LogP) is 0.330. The van der Waals surface area contributed by atoms with Crippen LogP contribution in [-0.2, 0) is 19.3 Å². The molecular formula is C11H20N4. The summed E-state index contributed by atoms with van der Waals surface area (Å²) in [7, 11) is 4.16. The van der Waals surface area contributed by atoms with Gasteiger partial charge in [-0.25, -0.2) is 4.98 Å². The Morgan fingerprint density at radius 3 is 3.07 bits per heavy atom. The van der Waals surface area contributed by atoms with Crippen molar-refractivity contribution >= 4 is 0 Å². The number of hydrogen-bond donors (Lipinski definition) is 2. The van der Waals surface area contributed by atoms with Crippen molar-refractivity contribution in [1.29, 1.82) is 0 Å². The molecule has 1 aliphatic rings. The number of aromatic amines is 1. The second-order valence-electron chi connectivity index (χ2n) is 4.66. The van der Waals surface area contributed by atoms with E-state index in [0.717, 1.165) is 38.1 Å². The summed E-state index contributed by atoms with van der Waals surface area (Å²) < 4.78 is 0. The molecule has 1 atom stereocenters. The van der Waals surface area contributed by atoms with Gasteiger partial charge in [-0.2, -0.15) is 0 Å². The molecular weight excluding hydrogens is 188 g/mol. The Labute approximate surface area is 90.9 Å². The van der Waals surface area contributed by atoms with Crippen molar-refractivity contribution in [2.45, 2.75) is 31.7 Å². The van der Waals surface area contributed by atoms with Gasteiger partial charge in [-0.05, 0) is 26.9 Å². The Balaban J connectivity index is 2.03. The average molecular weight is 208 g/mol. The molecule has 0 fully saturated rings. The minimum Gasteiger partial charge on any atom is -0.346 e. The molecule has 0 spiro atoms. The zero-order valence-corrected chi connectivity index (χ0v) is 9.58. The lowest BCUT2D eigenvalue weighted by molar-refractivity contribution is 0.410. The lowest BCUT2D eigenvalue weighted by Gasteiger charge is -2.16. The molecule has 15 heavy (non-hydrogen) atoms. The standard InChI is InChI=1S/C11H20N4/c1-15(2)6-5-11-13-9-4-3-8(12)7-10(9)14-11/h8H,3-7,12H2,1-2H3,(H,13,14). The number of aromatic nitrogens is 2. The molecule has 0 bridgehead atoms. The number of H-pyrrole nitrogens is 1. The van der Waals surface area contributed by atoms with Crippen LogP contribution in [0.15, 0.2) is 0 Å². The number of nitrogens with one attached hydrogen (secondary N) is 1. The Morgan fingerprint density at radius 2 is 2.33 bits per heavy atom. The first-order valence-electron chi connectivity index (χ1n) is 5.62. The minimum absolute atomic E-state index is 0.319. The van der Waals surface area contributed by atoms with Gasteiger partial charge < -0.3 is 15.6 Å². The lowest BCUT2D eigenvalue weighted by Crippen LogP contribution is -2.27. The van der Waals surface area contributed by atoms with Gasteiger partial charge in [0.15, 0.2) is 0 Å². The van der Waals surface area contributed by atoms with Crippen molar-refractivity contribution in [2.24, 2.45) is 5.73 Å². The van der Waals surface area contributed by atoms with Gasteiger partial charge >= 0.3 is 0 Å². The fourth-order valence-corrected chi connectivity index (χ4v) is 2.01. The molecule has 0 saturated heterocycles. The van der Waals surface area contributed by atoms with Gasteiger partial charge in [0.2, 0.25) is 0 Å². The molecule has 4 nitrogen and oxygen atoms in total. The van der Waals surface area contributed by atoms with E-state index in [-0.39, 0.29) is 0 Å². The molecule has 84 valence electrons. The second-order valence-corrected chi connectivity index (χ2v) is 4.66. The van der Waals surface area contributed by atoms with Crippen molar-refractivity contribution in [3.05, 3.63) is 17.2 Å². The van der Waals surface area contributed by atoms with E-state index in [2.05, 4.69) is 29.0 Å². The molecule has 4 heteroatoms. The van der Waals surface area contributed by atoms with Gasteiger partial charge in [0.05, 0.1) is 5.69 Å². The second kappa shape index (κ2) is 4.33. The van der Waals surface area contributed by atoms with Crippen molar-refractivity contribution < 1.29 is 0 Å². The van der Waals surface area contributed by atoms with Gasteiger partial charge in [-0.1, -0.05) is 0 Å². The van der Waals surface area contributed by atoms with Gasteiger partial charge in [-0.15, -0.1) is 0 Å². The van der Waals surface area contributed by atoms with E-state index in [4.69, 9.17) is 5.73 Å². The van der Waals surface area contributed by atoms with E-state index >= 15 is 0 Å². The van der Waals surface area contributed by atoms with Crippen LogP contribution in [0.5, 0.6) is 0 Å². The smallest absolute Gasteiger partial charge is 0.107 e. The zero-order chi connectivity index (χ0) is 10.8. The Hall–Kier alpha value is -0.870. The molecule has 1 unspecified atom stereocenters. The SMILES string of the molecule is CN(C)CCc1nc2c([nH]1)CC(N)CC2. The largest absolute Gasteiger partial charge is 0.346 e. The van der Waals surface area contributed by atoms with Crippen molar-refractivity contribution in [3.63, 3.8) is 0 Å². The number of hydrogen-bond acceptors (Lipinski definition) is 3. The molecule has 3 N–H and O–H groups in total. The maximum atomic E-state index is 5.93. The van der Waals surface area contributed by atoms with Crippen molar-refractivity contribution in [3.8, 4) is 0 Å². The summed E-state index contributed by atoms with van der Waals surface area (Å²) in [6.07, 6.45) is 4.07. The van der Waals surface area contributed by atoms with E-state index in [1.807, 2.05) is 0 Å². The van der Waals surface area contributed by atoms with Crippen molar-refractivity contribution in [2.75, 3.05) is 20.6 Å². The topological polar surface area (TPSA) is 57.9 Å². The molecule has 2 rings (SSSR count). The third-order valence-electron chi connectivity index (χ3n) is 2.93. The molecule has 1 aliphatic carbocycles. The molecule has 0 saturated carbocycles. The van der Waals surface area contributed by atoms with Crippen LogP contribution in [0.25, 0.3) is 0 Å². The number of likely N-dealkylation sites (N-methyl/N-ethyl adjacent to an activating group) is 1. The van der Waals surface area contributed by atoms with Crippen LogP contribution < -0.4 is 5.73 Å². The fraction of sp³-hybridized carbons (Fsp3) is 0.727. The van der Waals surface area contributed by atoms with Gasteiger partial charge in [0.25, 0.3) is 0 Å². The highest BCUT2D eigenvalue weighted by atomic mass is 15.1. The zero-order valence-electron chi connectivity index (χ0n) is 9.58. The molecule has 1 heterocycles. The quantitative estimate of drug-likeness (QED) is 0.752. The molecule has 0 radical (unpaired) electrons. The summed E-state index contributed by atoms with van der Waals surface area (Å²) in [5.74, 6) is 1.11. The van der Waals surface area contributed by atoms with Crippen LogP contribution in [0.4, 0.5) is 0 Å². The highest BCUT2D eigenvalue weighted by Gasteiger charge is 2.19. The van der Waals surface area contributed by atoms with Crippen LogP contribution in [0.2, 0.25) is 0 Å². The Morgan fingerprint density at radius 1 is 1.53 bits per heavy atom. The fourth-order valence-electron chi connectivity index (χ4n) is 2.01. The summed E-state index contributed by atoms with van der Waals surface area (Å²) in [6.45, 7) is 1.04. The molecule has 1 aromatic heterocycles. The summed E-state index contributed by atoms with van der Waals surface area (Å²) in [4.78, 5) is 10.2. The molecule has 0 amide bonds. The minimum atomic E-state index is 0.319. The number of imidazole rings is 1. The first-order valence-corrected chi connectivity index (χ1v) is 5.62. The van der Waals surface area contributed by atoms with Crippen LogP contribution in [0.1, 0.15) is 23.6 Å². The number of fused-ring (bicyclic) bond motifs is 1. The third kappa shape index (κ3) is 2.58. The maximum Gasteiger partial charge on any atom is 0.107 e. The normalized spacial score (nSPS) is 20.7. The summed E-state index contributed by atoms with van der Waals surface area (Å²) >= 11 is 0. The number of rotatable bonds is 3. The predicted molar refractivity (Wildman–Crippen MR) is 60.8 cm³/mol. The summed E-state index contributed by atoms with van der Waals surface area (Å²) in [5, 5.41) is 0. The van der Waals surface area contributed by atoms with Crippen LogP contribution in [0.3, 0.4) is 0 Å². The average Bonchev–Trinajstić information content (AvgIpc) is 2.56. The molecule has 0 aliphatic heterocycles. The van der Waals surface area contributed by atoms with E-state index in [0.29, 0.717) is 6.04 Å². The van der Waals surface area contributed by atoms with Gasteiger partial charge in [-0.3, -0.25) is 0 Å². The summed E-state index contributed by atoms with van der Waals surface area (Å²) in [5.41, 5.74) is 8.43. The number of nitrogens with two attached hydrogens (primary N) is 1. The van der Waals surface area contributed by atoms with Crippen molar-refractivity contribution in [1.82, 2.24) is 14.9 Å². The number of nitrogens with zero attached hydrogens (tertiary/aromatic N) is 2. The van der Waals surface area contributed by atoms with E-state index < -0.39 is 0 Å². The highest BCUT2D eigenvalue weighted by Crippen LogP contribution is 2.18. The van der Waals surface area contributed by atoms with Gasteiger partial charge in [0.1, 0.15) is 5.82 Å². The van der Waals surface area contributed by atoms with Crippen LogP contribution in [0, 0.1) is 0 Å². The molecule has 0 aromatic carbocycles. The summed E-state index contributed by atoms with van der Waals surface area (Å²) in [6, 6.07) is 0.319. The third-order valence-corrected chi connectivity index (χ3v) is 2.93. The van der Waals surface area contributed by atoms with E-state index in [1.165, 1.54) is 11.4 Å². The van der Waals surface area contributed by atoms with Gasteiger partial charge in [0, 0.05) is 31.1 Å². The Bertz CT molecular complexity index is 329. The monoisotopic (exact) mass is 208 g/mol. The first-order chi connectivity index (χ1) is 7.15. The van der Waals surface area contributed by atoms with Crippen LogP contribution in [-0.4, -0.2) is 41.5 Å². The van der Waals surface area contributed by atoms with Crippen LogP contribution >= 0.6 is 0 Å².